The molecule has 94 valence electrons. The first-order valence-corrected chi connectivity index (χ1v) is 6.87. The van der Waals surface area contributed by atoms with Crippen LogP contribution in [0.25, 0.3) is 0 Å². The maximum atomic E-state index is 11.4. The molecule has 0 spiro atoms. The maximum absolute atomic E-state index is 11.4. The molecule has 0 aromatic carbocycles. The number of nitrogens with one attached hydrogen (secondary N) is 1. The minimum atomic E-state index is -0.646. The molecule has 1 saturated carbocycles. The van der Waals surface area contributed by atoms with Crippen molar-refractivity contribution in [3.63, 3.8) is 0 Å². The summed E-state index contributed by atoms with van der Waals surface area (Å²) < 4.78 is 4.89. The van der Waals surface area contributed by atoms with Gasteiger partial charge >= 0.3 is 0 Å². The number of carbonyl (C=O) groups is 1. The van der Waals surface area contributed by atoms with E-state index in [-0.39, 0.29) is 5.91 Å². The summed E-state index contributed by atoms with van der Waals surface area (Å²) >= 11 is 1.55. The highest BCUT2D eigenvalue weighted by Crippen LogP contribution is 2.28. The van der Waals surface area contributed by atoms with E-state index in [1.807, 2.05) is 0 Å². The summed E-state index contributed by atoms with van der Waals surface area (Å²) in [4.78, 5) is 11.4. The Kier molecular flexibility index (Phi) is 6.16. The molecule has 16 heavy (non-hydrogen) atoms. The Morgan fingerprint density at radius 3 is 2.81 bits per heavy atom. The Hall–Kier alpha value is -0.260. The number of thioether (sulfide) groups is 1. The number of methoxy groups -OCH3 is 1. The molecule has 0 saturated heterocycles. The molecule has 5 heteroatoms. The van der Waals surface area contributed by atoms with Crippen LogP contribution >= 0.6 is 11.8 Å². The maximum Gasteiger partial charge on any atom is 0.230 e. The summed E-state index contributed by atoms with van der Waals surface area (Å²) in [6.07, 6.45) is 3.75. The van der Waals surface area contributed by atoms with Crippen LogP contribution in [0.1, 0.15) is 25.7 Å². The zero-order chi connectivity index (χ0) is 11.9. The van der Waals surface area contributed by atoms with Crippen LogP contribution in [0.15, 0.2) is 0 Å². The summed E-state index contributed by atoms with van der Waals surface area (Å²) in [6.45, 7) is 1.07. The minimum Gasteiger partial charge on any atom is -0.388 e. The average molecular weight is 247 g/mol. The van der Waals surface area contributed by atoms with Gasteiger partial charge in [0, 0.05) is 19.4 Å². The van der Waals surface area contributed by atoms with Crippen molar-refractivity contribution < 1.29 is 14.6 Å². The van der Waals surface area contributed by atoms with E-state index in [2.05, 4.69) is 5.32 Å². The van der Waals surface area contributed by atoms with Gasteiger partial charge < -0.3 is 15.2 Å². The summed E-state index contributed by atoms with van der Waals surface area (Å²) in [5.74, 6) is 1.27. The van der Waals surface area contributed by atoms with Gasteiger partial charge in [0.05, 0.1) is 18.0 Å². The van der Waals surface area contributed by atoms with Gasteiger partial charge in [-0.3, -0.25) is 4.79 Å². The van der Waals surface area contributed by atoms with Crippen molar-refractivity contribution in [1.29, 1.82) is 0 Å². The molecule has 0 aliphatic heterocycles. The van der Waals surface area contributed by atoms with Crippen LogP contribution in [0.3, 0.4) is 0 Å². The molecule has 0 heterocycles. The lowest BCUT2D eigenvalue weighted by Gasteiger charge is -2.22. The molecular formula is C11H21NO3S. The van der Waals surface area contributed by atoms with Crippen LogP contribution in [-0.4, -0.2) is 48.4 Å². The number of hydrogen-bond donors (Lipinski definition) is 2. The molecule has 0 aromatic rings. The zero-order valence-corrected chi connectivity index (χ0v) is 10.6. The van der Waals surface area contributed by atoms with Crippen LogP contribution in [-0.2, 0) is 9.53 Å². The van der Waals surface area contributed by atoms with Crippen molar-refractivity contribution in [2.24, 2.45) is 0 Å². The molecule has 1 aliphatic rings. The molecule has 4 nitrogen and oxygen atoms in total. The highest BCUT2D eigenvalue weighted by molar-refractivity contribution is 7.99. The number of aliphatic hydroxyl groups is 1. The molecule has 2 N–H and O–H groups in total. The van der Waals surface area contributed by atoms with E-state index in [4.69, 9.17) is 4.74 Å². The second-order valence-corrected chi connectivity index (χ2v) is 5.36. The normalized spacial score (nSPS) is 18.6. The van der Waals surface area contributed by atoms with Gasteiger partial charge in [0.2, 0.25) is 5.91 Å². The average Bonchev–Trinajstić information content (AvgIpc) is 2.70. The third-order valence-electron chi connectivity index (χ3n) is 2.81. The monoisotopic (exact) mass is 247 g/mol. The van der Waals surface area contributed by atoms with Gasteiger partial charge in [-0.25, -0.2) is 0 Å². The Labute approximate surface area is 101 Å². The van der Waals surface area contributed by atoms with Gasteiger partial charge in [-0.2, -0.15) is 0 Å². The van der Waals surface area contributed by atoms with Gasteiger partial charge in [0.1, 0.15) is 0 Å². The van der Waals surface area contributed by atoms with E-state index in [1.54, 1.807) is 18.9 Å². The highest BCUT2D eigenvalue weighted by atomic mass is 32.2. The molecule has 0 aromatic heterocycles. The Bertz CT molecular complexity index is 217. The first kappa shape index (κ1) is 13.8. The summed E-state index contributed by atoms with van der Waals surface area (Å²) in [6, 6.07) is 0. The standard InChI is InChI=1S/C11H21NO3S/c1-15-6-7-16-8-10(13)12-9-11(14)4-2-3-5-11/h14H,2-9H2,1H3,(H,12,13). The van der Waals surface area contributed by atoms with E-state index in [0.29, 0.717) is 18.9 Å². The number of ether oxygens (including phenoxy) is 1. The fourth-order valence-electron chi connectivity index (χ4n) is 1.83. The van der Waals surface area contributed by atoms with Crippen molar-refractivity contribution >= 4 is 17.7 Å². The minimum absolute atomic E-state index is 0.00132. The van der Waals surface area contributed by atoms with Gasteiger partial charge in [-0.05, 0) is 12.8 Å². The van der Waals surface area contributed by atoms with Crippen LogP contribution in [0.5, 0.6) is 0 Å². The summed E-state index contributed by atoms with van der Waals surface area (Å²) in [7, 11) is 1.65. The predicted molar refractivity (Wildman–Crippen MR) is 65.6 cm³/mol. The van der Waals surface area contributed by atoms with E-state index in [1.165, 1.54) is 0 Å². The smallest absolute Gasteiger partial charge is 0.230 e. The van der Waals surface area contributed by atoms with Crippen LogP contribution in [0.2, 0.25) is 0 Å². The molecule has 0 unspecified atom stereocenters. The highest BCUT2D eigenvalue weighted by Gasteiger charge is 2.31. The largest absolute Gasteiger partial charge is 0.388 e. The van der Waals surface area contributed by atoms with Gasteiger partial charge in [0.15, 0.2) is 0 Å². The number of amides is 1. The van der Waals surface area contributed by atoms with E-state index in [9.17, 15) is 9.90 Å². The Balaban J connectivity index is 2.05. The Morgan fingerprint density at radius 1 is 1.50 bits per heavy atom. The van der Waals surface area contributed by atoms with Crippen molar-refractivity contribution in [2.75, 3.05) is 31.8 Å². The topological polar surface area (TPSA) is 58.6 Å². The predicted octanol–water partition coefficient (Wildman–Crippen LogP) is 0.787. The van der Waals surface area contributed by atoms with Gasteiger partial charge in [0.25, 0.3) is 0 Å². The molecule has 1 amide bonds. The van der Waals surface area contributed by atoms with E-state index in [0.717, 1.165) is 31.4 Å². The zero-order valence-electron chi connectivity index (χ0n) is 9.83. The van der Waals surface area contributed by atoms with Crippen molar-refractivity contribution in [1.82, 2.24) is 5.32 Å². The lowest BCUT2D eigenvalue weighted by molar-refractivity contribution is -0.119. The fraction of sp³-hybridized carbons (Fsp3) is 0.909. The van der Waals surface area contributed by atoms with Crippen molar-refractivity contribution in [2.45, 2.75) is 31.3 Å². The van der Waals surface area contributed by atoms with Crippen LogP contribution in [0, 0.1) is 0 Å². The SMILES string of the molecule is COCCSCC(=O)NCC1(O)CCCC1. The fourth-order valence-corrected chi connectivity index (χ4v) is 2.55. The number of hydrogen-bond acceptors (Lipinski definition) is 4. The first-order valence-electron chi connectivity index (χ1n) is 5.72. The van der Waals surface area contributed by atoms with E-state index >= 15 is 0 Å². The first-order chi connectivity index (χ1) is 7.66. The second-order valence-electron chi connectivity index (χ2n) is 4.25. The van der Waals surface area contributed by atoms with Gasteiger partial charge in [-0.15, -0.1) is 11.8 Å². The van der Waals surface area contributed by atoms with E-state index < -0.39 is 5.60 Å². The number of carbonyl (C=O) groups excluding carboxylic acids is 1. The third-order valence-corrected chi connectivity index (χ3v) is 3.74. The molecule has 0 bridgehead atoms. The third kappa shape index (κ3) is 5.18. The molecule has 1 rings (SSSR count). The summed E-state index contributed by atoms with van der Waals surface area (Å²) in [5.41, 5.74) is -0.646. The quantitative estimate of drug-likeness (QED) is 0.653. The molecule has 0 radical (unpaired) electrons. The lowest BCUT2D eigenvalue weighted by Crippen LogP contribution is -2.41. The van der Waals surface area contributed by atoms with Crippen molar-refractivity contribution in [3.8, 4) is 0 Å². The Morgan fingerprint density at radius 2 is 2.19 bits per heavy atom. The lowest BCUT2D eigenvalue weighted by atomic mass is 10.0. The molecule has 1 aliphatic carbocycles. The summed E-state index contributed by atoms with van der Waals surface area (Å²) in [5, 5.41) is 12.8. The molecule has 0 atom stereocenters. The molecular weight excluding hydrogens is 226 g/mol. The van der Waals surface area contributed by atoms with Crippen molar-refractivity contribution in [3.05, 3.63) is 0 Å². The second kappa shape index (κ2) is 7.14. The van der Waals surface area contributed by atoms with Gasteiger partial charge in [-0.1, -0.05) is 12.8 Å². The molecule has 1 fully saturated rings. The number of rotatable bonds is 7. The van der Waals surface area contributed by atoms with Crippen LogP contribution < -0.4 is 5.32 Å². The van der Waals surface area contributed by atoms with Crippen LogP contribution in [0.4, 0.5) is 0 Å².